The highest BCUT2D eigenvalue weighted by Gasteiger charge is 2.23. The van der Waals surface area contributed by atoms with E-state index in [1.54, 1.807) is 16.7 Å². The summed E-state index contributed by atoms with van der Waals surface area (Å²) in [5, 5.41) is 2.51. The van der Waals surface area contributed by atoms with Gasteiger partial charge in [-0.05, 0) is 32.3 Å². The van der Waals surface area contributed by atoms with Crippen molar-refractivity contribution in [3.05, 3.63) is 12.2 Å². The van der Waals surface area contributed by atoms with Crippen LogP contribution >= 0.6 is 11.8 Å². The molecule has 0 saturated carbocycles. The zero-order chi connectivity index (χ0) is 14.1. The quantitative estimate of drug-likeness (QED) is 0.653. The molecule has 18 heavy (non-hydrogen) atoms. The molecule has 0 aliphatic heterocycles. The Bertz CT molecular complexity index is 308. The molecule has 5 nitrogen and oxygen atoms in total. The molecule has 0 bridgehead atoms. The number of thioether (sulfide) groups is 1. The molecule has 0 spiro atoms. The Morgan fingerprint density at radius 2 is 2.11 bits per heavy atom. The maximum absolute atomic E-state index is 12.3. The Kier molecular flexibility index (Phi) is 8.28. The Hall–Kier alpha value is -1.17. The van der Waals surface area contributed by atoms with Crippen LogP contribution < -0.4 is 11.1 Å². The molecule has 104 valence electrons. The van der Waals surface area contributed by atoms with Gasteiger partial charge in [0.1, 0.15) is 6.04 Å². The van der Waals surface area contributed by atoms with Crippen LogP contribution in [0.1, 0.15) is 20.3 Å². The molecule has 6 heteroatoms. The Morgan fingerprint density at radius 3 is 2.50 bits per heavy atom. The van der Waals surface area contributed by atoms with E-state index in [1.807, 2.05) is 20.1 Å². The smallest absolute Gasteiger partial charge is 0.312 e. The summed E-state index contributed by atoms with van der Waals surface area (Å²) in [6, 6.07) is -1.21. The fourth-order valence-electron chi connectivity index (χ4n) is 1.56. The van der Waals surface area contributed by atoms with Gasteiger partial charge in [-0.1, -0.05) is 12.2 Å². The van der Waals surface area contributed by atoms with Crippen LogP contribution in [0.5, 0.6) is 0 Å². The number of nitrogens with one attached hydrogen (secondary N) is 1. The second-order valence-electron chi connectivity index (χ2n) is 4.15. The monoisotopic (exact) mass is 273 g/mol. The third-order valence-corrected chi connectivity index (χ3v) is 3.02. The number of carbonyl (C=O) groups excluding carboxylic acids is 2. The van der Waals surface area contributed by atoms with Crippen LogP contribution in [0.2, 0.25) is 0 Å². The molecular formula is C12H23N3O2S. The lowest BCUT2D eigenvalue weighted by Crippen LogP contribution is -2.50. The summed E-state index contributed by atoms with van der Waals surface area (Å²) in [6.45, 7) is 8.66. The first kappa shape index (κ1) is 16.8. The number of hydrogen-bond donors (Lipinski definition) is 2. The van der Waals surface area contributed by atoms with Crippen LogP contribution in [0.3, 0.4) is 0 Å². The van der Waals surface area contributed by atoms with Gasteiger partial charge in [0.25, 0.3) is 0 Å². The first-order chi connectivity index (χ1) is 8.42. The highest BCUT2D eigenvalue weighted by Crippen LogP contribution is 2.06. The molecule has 0 saturated heterocycles. The predicted octanol–water partition coefficient (Wildman–Crippen LogP) is 1.20. The zero-order valence-corrected chi connectivity index (χ0v) is 12.2. The number of rotatable bonds is 8. The van der Waals surface area contributed by atoms with Crippen LogP contribution in [-0.2, 0) is 4.79 Å². The van der Waals surface area contributed by atoms with Gasteiger partial charge in [-0.25, -0.2) is 4.79 Å². The van der Waals surface area contributed by atoms with Crippen molar-refractivity contribution in [2.24, 2.45) is 5.73 Å². The molecule has 1 unspecified atom stereocenters. The molecule has 3 amide bonds. The molecule has 0 aliphatic carbocycles. The molecular weight excluding hydrogens is 250 g/mol. The molecule has 3 N–H and O–H groups in total. The highest BCUT2D eigenvalue weighted by atomic mass is 32.2. The van der Waals surface area contributed by atoms with E-state index in [-0.39, 0.29) is 5.91 Å². The van der Waals surface area contributed by atoms with Crippen LogP contribution in [0.4, 0.5) is 4.79 Å². The molecule has 0 rings (SSSR count). The van der Waals surface area contributed by atoms with Crippen molar-refractivity contribution in [3.8, 4) is 0 Å². The van der Waals surface area contributed by atoms with Crippen molar-refractivity contribution < 1.29 is 9.59 Å². The van der Waals surface area contributed by atoms with Crippen molar-refractivity contribution in [3.63, 3.8) is 0 Å². The Morgan fingerprint density at radius 1 is 1.50 bits per heavy atom. The number of nitrogens with zero attached hydrogens (tertiary/aromatic N) is 1. The van der Waals surface area contributed by atoms with E-state index >= 15 is 0 Å². The fraction of sp³-hybridized carbons (Fsp3) is 0.667. The third-order valence-electron chi connectivity index (χ3n) is 2.38. The largest absolute Gasteiger partial charge is 0.352 e. The molecule has 0 aromatic rings. The number of urea groups is 1. The summed E-state index contributed by atoms with van der Waals surface area (Å²) in [6.07, 6.45) is 2.53. The SMILES string of the molecule is C=C(C)CN(CC)C(=O)C(CCSC)NC(N)=O. The van der Waals surface area contributed by atoms with E-state index in [0.717, 1.165) is 11.3 Å². The molecule has 0 radical (unpaired) electrons. The fourth-order valence-corrected chi connectivity index (χ4v) is 2.03. The van der Waals surface area contributed by atoms with Crippen LogP contribution in [0.15, 0.2) is 12.2 Å². The summed E-state index contributed by atoms with van der Waals surface area (Å²) in [7, 11) is 0. The van der Waals surface area contributed by atoms with E-state index in [0.29, 0.717) is 19.5 Å². The lowest BCUT2D eigenvalue weighted by Gasteiger charge is -2.26. The van der Waals surface area contributed by atoms with E-state index < -0.39 is 12.1 Å². The first-order valence-electron chi connectivity index (χ1n) is 5.90. The van der Waals surface area contributed by atoms with E-state index in [2.05, 4.69) is 11.9 Å². The predicted molar refractivity (Wildman–Crippen MR) is 76.6 cm³/mol. The summed E-state index contributed by atoms with van der Waals surface area (Å²) in [5.74, 6) is 0.690. The van der Waals surface area contributed by atoms with Gasteiger partial charge in [0.15, 0.2) is 0 Å². The highest BCUT2D eigenvalue weighted by molar-refractivity contribution is 7.98. The van der Waals surface area contributed by atoms with Crippen molar-refractivity contribution in [2.45, 2.75) is 26.3 Å². The van der Waals surface area contributed by atoms with Crippen molar-refractivity contribution in [1.82, 2.24) is 10.2 Å². The van der Waals surface area contributed by atoms with Gasteiger partial charge in [0.05, 0.1) is 0 Å². The van der Waals surface area contributed by atoms with Crippen molar-refractivity contribution in [1.29, 1.82) is 0 Å². The second kappa shape index (κ2) is 8.85. The molecule has 0 aromatic carbocycles. The number of carbonyl (C=O) groups is 2. The van der Waals surface area contributed by atoms with E-state index in [1.165, 1.54) is 0 Å². The summed E-state index contributed by atoms with van der Waals surface area (Å²) >= 11 is 1.63. The lowest BCUT2D eigenvalue weighted by atomic mass is 10.2. The minimum atomic E-state index is -0.666. The lowest BCUT2D eigenvalue weighted by molar-refractivity contribution is -0.132. The number of likely N-dealkylation sites (N-methyl/N-ethyl adjacent to an activating group) is 1. The summed E-state index contributed by atoms with van der Waals surface area (Å²) in [4.78, 5) is 24.9. The minimum Gasteiger partial charge on any atom is -0.352 e. The molecule has 0 aliphatic rings. The standard InChI is InChI=1S/C12H23N3O2S/c1-5-15(8-9(2)3)11(16)10(6-7-18-4)14-12(13)17/h10H,2,5-8H2,1,3-4H3,(H3,13,14,17). The first-order valence-corrected chi connectivity index (χ1v) is 7.29. The minimum absolute atomic E-state index is 0.103. The maximum atomic E-state index is 12.3. The average Bonchev–Trinajstić information content (AvgIpc) is 2.29. The van der Waals surface area contributed by atoms with E-state index in [9.17, 15) is 9.59 Å². The molecule has 0 heterocycles. The summed E-state index contributed by atoms with van der Waals surface area (Å²) < 4.78 is 0. The molecule has 1 atom stereocenters. The van der Waals surface area contributed by atoms with Crippen molar-refractivity contribution >= 4 is 23.7 Å². The third kappa shape index (κ3) is 6.54. The van der Waals surface area contributed by atoms with Gasteiger partial charge in [-0.2, -0.15) is 11.8 Å². The van der Waals surface area contributed by atoms with Gasteiger partial charge in [0, 0.05) is 13.1 Å². The van der Waals surface area contributed by atoms with Crippen LogP contribution in [0.25, 0.3) is 0 Å². The Balaban J connectivity index is 4.67. The van der Waals surface area contributed by atoms with E-state index in [4.69, 9.17) is 5.73 Å². The zero-order valence-electron chi connectivity index (χ0n) is 11.4. The van der Waals surface area contributed by atoms with Gasteiger partial charge in [-0.3, -0.25) is 4.79 Å². The summed E-state index contributed by atoms with van der Waals surface area (Å²) in [5.41, 5.74) is 6.01. The number of nitrogens with two attached hydrogens (primary N) is 1. The molecule has 0 fully saturated rings. The second-order valence-corrected chi connectivity index (χ2v) is 5.14. The van der Waals surface area contributed by atoms with Gasteiger partial charge in [0.2, 0.25) is 5.91 Å². The topological polar surface area (TPSA) is 75.4 Å². The maximum Gasteiger partial charge on any atom is 0.312 e. The molecule has 0 aromatic heterocycles. The van der Waals surface area contributed by atoms with Gasteiger partial charge < -0.3 is 16.0 Å². The number of hydrogen-bond acceptors (Lipinski definition) is 3. The number of primary amides is 1. The van der Waals surface area contributed by atoms with Gasteiger partial charge in [-0.15, -0.1) is 0 Å². The van der Waals surface area contributed by atoms with Crippen LogP contribution in [0, 0.1) is 0 Å². The Labute approximate surface area is 113 Å². The number of amides is 3. The van der Waals surface area contributed by atoms with Crippen LogP contribution in [-0.4, -0.2) is 48.0 Å². The normalized spacial score (nSPS) is 11.7. The van der Waals surface area contributed by atoms with Gasteiger partial charge >= 0.3 is 6.03 Å². The average molecular weight is 273 g/mol. The van der Waals surface area contributed by atoms with Crippen molar-refractivity contribution in [2.75, 3.05) is 25.1 Å².